The summed E-state index contributed by atoms with van der Waals surface area (Å²) in [7, 11) is 1.64. The molecule has 2 aromatic rings. The van der Waals surface area contributed by atoms with Crippen LogP contribution in [0.3, 0.4) is 0 Å². The highest BCUT2D eigenvalue weighted by Crippen LogP contribution is 2.20. The Balaban J connectivity index is 0.000000861. The first-order chi connectivity index (χ1) is 9.29. The van der Waals surface area contributed by atoms with Gasteiger partial charge in [-0.15, -0.1) is 0 Å². The molecular formula is C17H20O2. The summed E-state index contributed by atoms with van der Waals surface area (Å²) in [5, 5.41) is 9.61. The number of methoxy groups -OCH3 is 1. The summed E-state index contributed by atoms with van der Waals surface area (Å²) in [6.07, 6.45) is 3.82. The van der Waals surface area contributed by atoms with Crippen LogP contribution in [-0.2, 0) is 0 Å². The van der Waals surface area contributed by atoms with Gasteiger partial charge in [-0.05, 0) is 23.8 Å². The molecule has 100 valence electrons. The first-order valence-corrected chi connectivity index (χ1v) is 6.40. The zero-order valence-corrected chi connectivity index (χ0v) is 11.6. The van der Waals surface area contributed by atoms with Crippen molar-refractivity contribution in [3.05, 3.63) is 59.7 Å². The third-order valence-corrected chi connectivity index (χ3v) is 2.49. The maximum Gasteiger partial charge on any atom is 0.122 e. The molecule has 0 aliphatic rings. The molecule has 0 aliphatic carbocycles. The Hall–Kier alpha value is -2.22. The lowest BCUT2D eigenvalue weighted by atomic mass is 10.1. The van der Waals surface area contributed by atoms with Gasteiger partial charge >= 0.3 is 0 Å². The molecule has 0 atom stereocenters. The molecule has 0 saturated heterocycles. The van der Waals surface area contributed by atoms with Crippen molar-refractivity contribution in [2.75, 3.05) is 7.11 Å². The molecule has 0 unspecified atom stereocenters. The summed E-state index contributed by atoms with van der Waals surface area (Å²) in [4.78, 5) is 0. The molecule has 0 amide bonds. The zero-order valence-electron chi connectivity index (χ0n) is 11.6. The second-order valence-electron chi connectivity index (χ2n) is 3.67. The lowest BCUT2D eigenvalue weighted by molar-refractivity contribution is 0.414. The molecule has 2 heteroatoms. The fraction of sp³-hybridized carbons (Fsp3) is 0.176. The number of para-hydroxylation sites is 1. The Morgan fingerprint density at radius 3 is 2.37 bits per heavy atom. The minimum Gasteiger partial charge on any atom is -0.507 e. The molecule has 0 fully saturated rings. The third kappa shape index (κ3) is 4.51. The number of phenolic OH excluding ortho intramolecular Hbond substituents is 1. The zero-order chi connectivity index (χ0) is 14.1. The van der Waals surface area contributed by atoms with Crippen LogP contribution >= 0.6 is 0 Å². The SMILES string of the molecule is CC.COc1cccc(/C=C\c2ccccc2O)c1. The lowest BCUT2D eigenvalue weighted by Gasteiger charge is -2.00. The van der Waals surface area contributed by atoms with Crippen molar-refractivity contribution in [1.82, 2.24) is 0 Å². The fourth-order valence-corrected chi connectivity index (χ4v) is 1.56. The van der Waals surface area contributed by atoms with Gasteiger partial charge in [-0.2, -0.15) is 0 Å². The number of benzene rings is 2. The van der Waals surface area contributed by atoms with E-state index >= 15 is 0 Å². The van der Waals surface area contributed by atoms with E-state index in [1.165, 1.54) is 0 Å². The van der Waals surface area contributed by atoms with Crippen LogP contribution in [0.15, 0.2) is 48.5 Å². The predicted octanol–water partition coefficient (Wildman–Crippen LogP) is 4.60. The molecule has 0 aromatic heterocycles. The molecule has 0 radical (unpaired) electrons. The van der Waals surface area contributed by atoms with Gasteiger partial charge in [-0.1, -0.05) is 56.3 Å². The molecule has 0 bridgehead atoms. The van der Waals surface area contributed by atoms with Gasteiger partial charge < -0.3 is 9.84 Å². The minimum atomic E-state index is 0.284. The highest BCUT2D eigenvalue weighted by atomic mass is 16.5. The summed E-state index contributed by atoms with van der Waals surface area (Å²) < 4.78 is 5.15. The van der Waals surface area contributed by atoms with E-state index in [2.05, 4.69) is 0 Å². The Labute approximate surface area is 115 Å². The molecular weight excluding hydrogens is 236 g/mol. The third-order valence-electron chi connectivity index (χ3n) is 2.49. The van der Waals surface area contributed by atoms with E-state index in [0.717, 1.165) is 16.9 Å². The standard InChI is InChI=1S/C15H14O2.C2H6/c1-17-14-7-4-5-12(11-14)9-10-13-6-2-3-8-15(13)16;1-2/h2-11,16H,1H3;1-2H3/b10-9-;. The summed E-state index contributed by atoms with van der Waals surface area (Å²) in [6.45, 7) is 4.00. The highest BCUT2D eigenvalue weighted by Gasteiger charge is 1.95. The second-order valence-corrected chi connectivity index (χ2v) is 3.67. The molecule has 0 aliphatic heterocycles. The normalized spacial score (nSPS) is 9.84. The highest BCUT2D eigenvalue weighted by molar-refractivity contribution is 5.72. The van der Waals surface area contributed by atoms with Crippen molar-refractivity contribution < 1.29 is 9.84 Å². The van der Waals surface area contributed by atoms with E-state index in [0.29, 0.717) is 0 Å². The summed E-state index contributed by atoms with van der Waals surface area (Å²) >= 11 is 0. The van der Waals surface area contributed by atoms with Crippen molar-refractivity contribution in [1.29, 1.82) is 0 Å². The Morgan fingerprint density at radius 1 is 0.947 bits per heavy atom. The average molecular weight is 256 g/mol. The Bertz CT molecular complexity index is 530. The van der Waals surface area contributed by atoms with Crippen molar-refractivity contribution in [3.63, 3.8) is 0 Å². The molecule has 19 heavy (non-hydrogen) atoms. The van der Waals surface area contributed by atoms with Crippen LogP contribution in [0.1, 0.15) is 25.0 Å². The van der Waals surface area contributed by atoms with Gasteiger partial charge in [0.05, 0.1) is 7.11 Å². The van der Waals surface area contributed by atoms with Crippen LogP contribution in [0.2, 0.25) is 0 Å². The van der Waals surface area contributed by atoms with Crippen LogP contribution in [0.5, 0.6) is 11.5 Å². The molecule has 0 heterocycles. The van der Waals surface area contributed by atoms with Crippen molar-refractivity contribution in [3.8, 4) is 11.5 Å². The van der Waals surface area contributed by atoms with Crippen LogP contribution in [0.4, 0.5) is 0 Å². The first kappa shape index (κ1) is 14.8. The molecule has 1 N–H and O–H groups in total. The van der Waals surface area contributed by atoms with Gasteiger partial charge in [0.25, 0.3) is 0 Å². The summed E-state index contributed by atoms with van der Waals surface area (Å²) in [5.74, 6) is 1.11. The molecule has 2 rings (SSSR count). The lowest BCUT2D eigenvalue weighted by Crippen LogP contribution is -1.82. The molecule has 0 saturated carbocycles. The van der Waals surface area contributed by atoms with E-state index < -0.39 is 0 Å². The Morgan fingerprint density at radius 2 is 1.68 bits per heavy atom. The van der Waals surface area contributed by atoms with Gasteiger partial charge in [-0.25, -0.2) is 0 Å². The van der Waals surface area contributed by atoms with Crippen LogP contribution in [0.25, 0.3) is 12.2 Å². The van der Waals surface area contributed by atoms with E-state index in [1.807, 2.05) is 62.4 Å². The molecule has 2 nitrogen and oxygen atoms in total. The number of hydrogen-bond donors (Lipinski definition) is 1. The number of hydrogen-bond acceptors (Lipinski definition) is 2. The summed E-state index contributed by atoms with van der Waals surface area (Å²) in [5.41, 5.74) is 1.84. The monoisotopic (exact) mass is 256 g/mol. The van der Waals surface area contributed by atoms with E-state index in [4.69, 9.17) is 4.74 Å². The van der Waals surface area contributed by atoms with Crippen LogP contribution in [0, 0.1) is 0 Å². The topological polar surface area (TPSA) is 29.5 Å². The second kappa shape index (κ2) is 7.98. The number of rotatable bonds is 3. The van der Waals surface area contributed by atoms with Gasteiger partial charge in [0.1, 0.15) is 11.5 Å². The minimum absolute atomic E-state index is 0.284. The smallest absolute Gasteiger partial charge is 0.122 e. The quantitative estimate of drug-likeness (QED) is 0.813. The first-order valence-electron chi connectivity index (χ1n) is 6.40. The average Bonchev–Trinajstić information content (AvgIpc) is 2.49. The largest absolute Gasteiger partial charge is 0.507 e. The number of ether oxygens (including phenoxy) is 1. The van der Waals surface area contributed by atoms with Crippen LogP contribution in [-0.4, -0.2) is 12.2 Å². The maximum absolute atomic E-state index is 9.61. The van der Waals surface area contributed by atoms with E-state index in [1.54, 1.807) is 19.2 Å². The Kier molecular flexibility index (Phi) is 6.23. The van der Waals surface area contributed by atoms with E-state index in [9.17, 15) is 5.11 Å². The van der Waals surface area contributed by atoms with Crippen molar-refractivity contribution >= 4 is 12.2 Å². The molecule has 0 spiro atoms. The summed E-state index contributed by atoms with van der Waals surface area (Å²) in [6, 6.07) is 15.0. The van der Waals surface area contributed by atoms with Gasteiger partial charge in [0.2, 0.25) is 0 Å². The van der Waals surface area contributed by atoms with Gasteiger partial charge in [0.15, 0.2) is 0 Å². The van der Waals surface area contributed by atoms with Crippen molar-refractivity contribution in [2.45, 2.75) is 13.8 Å². The van der Waals surface area contributed by atoms with Crippen LogP contribution < -0.4 is 4.74 Å². The molecule has 2 aromatic carbocycles. The van der Waals surface area contributed by atoms with E-state index in [-0.39, 0.29) is 5.75 Å². The van der Waals surface area contributed by atoms with Gasteiger partial charge in [-0.3, -0.25) is 0 Å². The maximum atomic E-state index is 9.61. The predicted molar refractivity (Wildman–Crippen MR) is 81.4 cm³/mol. The van der Waals surface area contributed by atoms with Crippen molar-refractivity contribution in [2.24, 2.45) is 0 Å². The number of phenols is 1. The number of aromatic hydroxyl groups is 1. The van der Waals surface area contributed by atoms with Gasteiger partial charge in [0, 0.05) is 5.56 Å². The fourth-order valence-electron chi connectivity index (χ4n) is 1.56.